The Morgan fingerprint density at radius 2 is 1.89 bits per heavy atom. The van der Waals surface area contributed by atoms with Crippen LogP contribution in [0.15, 0.2) is 46.4 Å². The van der Waals surface area contributed by atoms with Gasteiger partial charge in [0.25, 0.3) is 0 Å². The van der Waals surface area contributed by atoms with Crippen LogP contribution < -0.4 is 11.5 Å². The van der Waals surface area contributed by atoms with E-state index in [1.54, 1.807) is 0 Å². The molecule has 1 aromatic carbocycles. The Morgan fingerprint density at radius 1 is 1.21 bits per heavy atom. The van der Waals surface area contributed by atoms with E-state index in [1.165, 1.54) is 0 Å². The third kappa shape index (κ3) is 4.30. The summed E-state index contributed by atoms with van der Waals surface area (Å²) in [4.78, 5) is 10.2. The lowest BCUT2D eigenvalue weighted by atomic mass is 10.2. The molecule has 0 radical (unpaired) electrons. The van der Waals surface area contributed by atoms with E-state index in [1.807, 2.05) is 48.2 Å². The summed E-state index contributed by atoms with van der Waals surface area (Å²) in [5, 5.41) is 0. The first-order chi connectivity index (χ1) is 8.65. The second-order valence-electron chi connectivity index (χ2n) is 4.16. The normalized spacial score (nSPS) is 15.5. The molecule has 1 aliphatic heterocycles. The summed E-state index contributed by atoms with van der Waals surface area (Å²) in [7, 11) is 0. The topological polar surface area (TPSA) is 80.0 Å². The zero-order valence-electron chi connectivity index (χ0n) is 10.8. The molecule has 0 aliphatic carbocycles. The van der Waals surface area contributed by atoms with Crippen LogP contribution in [0.2, 0.25) is 0 Å². The first kappa shape index (κ1) is 15.0. The summed E-state index contributed by atoms with van der Waals surface area (Å²) in [6, 6.07) is 7.75. The molecule has 0 atom stereocenters. The quantitative estimate of drug-likeness (QED) is 0.465. The molecular weight excluding hydrogens is 262 g/mol. The predicted molar refractivity (Wildman–Crippen MR) is 82.0 cm³/mol. The molecule has 4 N–H and O–H groups in total. The van der Waals surface area contributed by atoms with Gasteiger partial charge in [0.1, 0.15) is 0 Å². The average Bonchev–Trinajstić information content (AvgIpc) is 2.81. The van der Waals surface area contributed by atoms with Crippen LogP contribution in [0.5, 0.6) is 0 Å². The Kier molecular flexibility index (Phi) is 5.38. The van der Waals surface area contributed by atoms with Crippen molar-refractivity contribution in [3.63, 3.8) is 0 Å². The van der Waals surface area contributed by atoms with Gasteiger partial charge in [-0.25, -0.2) is 4.99 Å². The van der Waals surface area contributed by atoms with Crippen molar-refractivity contribution < 1.29 is 0 Å². The average molecular weight is 280 g/mol. The highest BCUT2D eigenvalue weighted by molar-refractivity contribution is 5.94. The number of hydrogen-bond acceptors (Lipinski definition) is 1. The van der Waals surface area contributed by atoms with E-state index >= 15 is 0 Å². The van der Waals surface area contributed by atoms with Gasteiger partial charge in [0.15, 0.2) is 5.96 Å². The van der Waals surface area contributed by atoms with Crippen molar-refractivity contribution in [1.29, 1.82) is 0 Å². The van der Waals surface area contributed by atoms with Gasteiger partial charge in [-0.1, -0.05) is 24.3 Å². The largest absolute Gasteiger partial charge is 0.369 e. The van der Waals surface area contributed by atoms with Gasteiger partial charge >= 0.3 is 0 Å². The number of rotatable bonds is 1. The molecule has 6 heteroatoms. The number of hydrogen-bond donors (Lipinski definition) is 2. The van der Waals surface area contributed by atoms with Crippen molar-refractivity contribution >= 4 is 30.0 Å². The molecule has 1 aliphatic rings. The van der Waals surface area contributed by atoms with Gasteiger partial charge in [0.2, 0.25) is 5.96 Å². The smallest absolute Gasteiger partial charge is 0.223 e. The van der Waals surface area contributed by atoms with Crippen LogP contribution in [0.25, 0.3) is 0 Å². The molecule has 5 nitrogen and oxygen atoms in total. The molecule has 0 unspecified atom stereocenters. The van der Waals surface area contributed by atoms with Gasteiger partial charge < -0.3 is 16.4 Å². The van der Waals surface area contributed by atoms with Gasteiger partial charge in [-0.15, -0.1) is 12.4 Å². The zero-order chi connectivity index (χ0) is 13.0. The van der Waals surface area contributed by atoms with Crippen molar-refractivity contribution in [2.75, 3.05) is 13.1 Å². The van der Waals surface area contributed by atoms with Crippen molar-refractivity contribution in [2.24, 2.45) is 21.5 Å². The van der Waals surface area contributed by atoms with Gasteiger partial charge in [0, 0.05) is 13.1 Å². The number of guanidine groups is 2. The molecule has 0 saturated heterocycles. The Hall–Kier alpha value is -2.01. The lowest BCUT2D eigenvalue weighted by molar-refractivity contribution is 0.534. The lowest BCUT2D eigenvalue weighted by Crippen LogP contribution is -2.36. The highest BCUT2D eigenvalue weighted by Gasteiger charge is 2.08. The summed E-state index contributed by atoms with van der Waals surface area (Å²) >= 11 is 0. The summed E-state index contributed by atoms with van der Waals surface area (Å²) < 4.78 is 0. The van der Waals surface area contributed by atoms with Crippen LogP contribution in [0.3, 0.4) is 0 Å². The fourth-order valence-electron chi connectivity index (χ4n) is 1.71. The maximum Gasteiger partial charge on any atom is 0.223 e. The molecule has 0 aromatic heterocycles. The molecule has 0 amide bonds. The monoisotopic (exact) mass is 279 g/mol. The van der Waals surface area contributed by atoms with E-state index < -0.39 is 0 Å². The van der Waals surface area contributed by atoms with Crippen molar-refractivity contribution in [1.82, 2.24) is 4.90 Å². The number of aryl methyl sites for hydroxylation is 1. The molecule has 0 saturated carbocycles. The number of halogens is 1. The maximum absolute atomic E-state index is 5.84. The molecule has 19 heavy (non-hydrogen) atoms. The van der Waals surface area contributed by atoms with Crippen LogP contribution in [-0.2, 0) is 0 Å². The SMILES string of the molecule is Cc1cccc(N=C(N)N=C(N)N2CC=CC2)c1.Cl. The number of aliphatic imine (C=N–C) groups is 2. The number of nitrogens with zero attached hydrogens (tertiary/aromatic N) is 3. The van der Waals surface area contributed by atoms with E-state index in [-0.39, 0.29) is 18.4 Å². The first-order valence-electron chi connectivity index (χ1n) is 5.80. The van der Waals surface area contributed by atoms with Crippen LogP contribution in [0, 0.1) is 6.92 Å². The standard InChI is InChI=1S/C13H17N5.ClH/c1-10-5-4-6-11(9-10)16-12(14)17-13(15)18-7-2-3-8-18;/h2-6,9H,7-8H2,1H3,(H4,14,15,16,17);1H. The molecule has 0 bridgehead atoms. The highest BCUT2D eigenvalue weighted by Crippen LogP contribution is 2.13. The number of benzene rings is 1. The van der Waals surface area contributed by atoms with Crippen LogP contribution in [0.1, 0.15) is 5.56 Å². The van der Waals surface area contributed by atoms with Gasteiger partial charge in [-0.2, -0.15) is 4.99 Å². The van der Waals surface area contributed by atoms with E-state index in [9.17, 15) is 0 Å². The van der Waals surface area contributed by atoms with Gasteiger partial charge in [-0.05, 0) is 24.6 Å². The van der Waals surface area contributed by atoms with E-state index in [2.05, 4.69) is 9.98 Å². The van der Waals surface area contributed by atoms with Gasteiger partial charge in [0.05, 0.1) is 5.69 Å². The Bertz CT molecular complexity index is 514. The van der Waals surface area contributed by atoms with Crippen molar-refractivity contribution in [2.45, 2.75) is 6.92 Å². The van der Waals surface area contributed by atoms with Crippen molar-refractivity contribution in [3.05, 3.63) is 42.0 Å². The maximum atomic E-state index is 5.84. The second-order valence-corrected chi connectivity index (χ2v) is 4.16. The Morgan fingerprint density at radius 3 is 2.53 bits per heavy atom. The third-order valence-electron chi connectivity index (χ3n) is 2.62. The lowest BCUT2D eigenvalue weighted by Gasteiger charge is -2.15. The number of nitrogens with two attached hydrogens (primary N) is 2. The summed E-state index contributed by atoms with van der Waals surface area (Å²) in [5.74, 6) is 0.568. The second kappa shape index (κ2) is 6.80. The van der Waals surface area contributed by atoms with Crippen LogP contribution in [0.4, 0.5) is 5.69 Å². The van der Waals surface area contributed by atoms with Gasteiger partial charge in [-0.3, -0.25) is 0 Å². The molecule has 102 valence electrons. The van der Waals surface area contributed by atoms with E-state index in [0.717, 1.165) is 24.3 Å². The van der Waals surface area contributed by atoms with E-state index in [0.29, 0.717) is 5.96 Å². The first-order valence-corrected chi connectivity index (χ1v) is 5.80. The summed E-state index contributed by atoms with van der Waals surface area (Å²) in [5.41, 5.74) is 13.5. The highest BCUT2D eigenvalue weighted by atomic mass is 35.5. The Balaban J connectivity index is 0.00000180. The molecule has 2 rings (SSSR count). The Labute approximate surface area is 119 Å². The predicted octanol–water partition coefficient (Wildman–Crippen LogP) is 1.55. The minimum Gasteiger partial charge on any atom is -0.369 e. The molecular formula is C13H18ClN5. The third-order valence-corrected chi connectivity index (χ3v) is 2.62. The molecule has 1 heterocycles. The fourth-order valence-corrected chi connectivity index (χ4v) is 1.71. The van der Waals surface area contributed by atoms with E-state index in [4.69, 9.17) is 11.5 Å². The van der Waals surface area contributed by atoms with Crippen molar-refractivity contribution in [3.8, 4) is 0 Å². The summed E-state index contributed by atoms with van der Waals surface area (Å²) in [6.45, 7) is 3.54. The minimum absolute atomic E-state index is 0. The summed E-state index contributed by atoms with van der Waals surface area (Å²) in [6.07, 6.45) is 4.08. The molecule has 1 aromatic rings. The van der Waals surface area contributed by atoms with Crippen LogP contribution >= 0.6 is 12.4 Å². The zero-order valence-corrected chi connectivity index (χ0v) is 11.6. The molecule has 0 spiro atoms. The fraction of sp³-hybridized carbons (Fsp3) is 0.231. The van der Waals surface area contributed by atoms with Crippen LogP contribution in [-0.4, -0.2) is 29.9 Å². The minimum atomic E-state index is 0. The molecule has 0 fully saturated rings.